The van der Waals surface area contributed by atoms with Gasteiger partial charge in [0.05, 0.1) is 6.10 Å². The van der Waals surface area contributed by atoms with Crippen LogP contribution in [-0.2, 0) is 5.41 Å². The fourth-order valence-electron chi connectivity index (χ4n) is 1.94. The van der Waals surface area contributed by atoms with Crippen LogP contribution in [0.5, 0.6) is 0 Å². The minimum Gasteiger partial charge on any atom is -0.393 e. The van der Waals surface area contributed by atoms with Crippen LogP contribution in [0.1, 0.15) is 39.7 Å². The third-order valence-electron chi connectivity index (χ3n) is 3.21. The highest BCUT2D eigenvalue weighted by Gasteiger charge is 2.19. The number of aliphatic hydroxyl groups is 1. The molecule has 20 heavy (non-hydrogen) atoms. The topological polar surface area (TPSA) is 52.6 Å². The summed E-state index contributed by atoms with van der Waals surface area (Å²) < 4.78 is 0. The largest absolute Gasteiger partial charge is 0.393 e. The second kappa shape index (κ2) is 6.75. The van der Waals surface area contributed by atoms with Gasteiger partial charge in [-0.1, -0.05) is 39.0 Å². The number of carbonyl (C=O) groups is 1. The minimum absolute atomic E-state index is 0.0257. The Morgan fingerprint density at radius 2 is 1.95 bits per heavy atom. The number of benzene rings is 1. The lowest BCUT2D eigenvalue weighted by molar-refractivity contribution is 0.167. The van der Waals surface area contributed by atoms with Crippen molar-refractivity contribution in [3.8, 4) is 0 Å². The molecule has 0 saturated carbocycles. The molecule has 0 heterocycles. The Morgan fingerprint density at radius 3 is 2.50 bits per heavy atom. The number of nitrogens with zero attached hydrogens (tertiary/aromatic N) is 1. The lowest BCUT2D eigenvalue weighted by atomic mass is 9.86. The average Bonchev–Trinajstić information content (AvgIpc) is 2.35. The van der Waals surface area contributed by atoms with E-state index in [2.05, 4.69) is 26.1 Å². The SMILES string of the molecule is CC(O)CCN(C)C(=O)Nc1ccccc1C(C)(C)C. The first-order chi connectivity index (χ1) is 9.21. The lowest BCUT2D eigenvalue weighted by Gasteiger charge is -2.25. The zero-order valence-corrected chi connectivity index (χ0v) is 13.1. The van der Waals surface area contributed by atoms with Gasteiger partial charge in [0, 0.05) is 19.3 Å². The van der Waals surface area contributed by atoms with E-state index < -0.39 is 6.10 Å². The number of carbonyl (C=O) groups excluding carboxylic acids is 1. The van der Waals surface area contributed by atoms with E-state index in [0.29, 0.717) is 13.0 Å². The Morgan fingerprint density at radius 1 is 1.35 bits per heavy atom. The highest BCUT2D eigenvalue weighted by Crippen LogP contribution is 2.29. The van der Waals surface area contributed by atoms with Gasteiger partial charge in [-0.3, -0.25) is 0 Å². The molecular formula is C16H26N2O2. The van der Waals surface area contributed by atoms with E-state index in [1.54, 1.807) is 18.9 Å². The molecule has 1 aromatic rings. The van der Waals surface area contributed by atoms with Crippen molar-refractivity contribution in [1.82, 2.24) is 4.90 Å². The van der Waals surface area contributed by atoms with Gasteiger partial charge in [-0.25, -0.2) is 4.79 Å². The molecule has 1 aromatic carbocycles. The smallest absolute Gasteiger partial charge is 0.321 e. The Bertz CT molecular complexity index is 450. The summed E-state index contributed by atoms with van der Waals surface area (Å²) in [7, 11) is 1.73. The summed E-state index contributed by atoms with van der Waals surface area (Å²) in [5, 5.41) is 12.2. The number of para-hydroxylation sites is 1. The van der Waals surface area contributed by atoms with E-state index in [-0.39, 0.29) is 11.4 Å². The van der Waals surface area contributed by atoms with Gasteiger partial charge in [-0.05, 0) is 30.4 Å². The minimum atomic E-state index is -0.396. The third kappa shape index (κ3) is 4.85. The molecule has 0 aliphatic heterocycles. The van der Waals surface area contributed by atoms with Gasteiger partial charge in [-0.15, -0.1) is 0 Å². The van der Waals surface area contributed by atoms with Gasteiger partial charge in [0.1, 0.15) is 0 Å². The molecule has 1 rings (SSSR count). The molecule has 0 aliphatic carbocycles. The molecule has 0 aromatic heterocycles. The van der Waals surface area contributed by atoms with E-state index in [1.165, 1.54) is 0 Å². The standard InChI is InChI=1S/C16H26N2O2/c1-12(19)10-11-18(5)15(20)17-14-9-7-6-8-13(14)16(2,3)4/h6-9,12,19H,10-11H2,1-5H3,(H,17,20). The number of hydrogen-bond donors (Lipinski definition) is 2. The molecule has 0 spiro atoms. The van der Waals surface area contributed by atoms with Crippen LogP contribution in [0.2, 0.25) is 0 Å². The van der Waals surface area contributed by atoms with Crippen molar-refractivity contribution in [3.05, 3.63) is 29.8 Å². The van der Waals surface area contributed by atoms with Crippen molar-refractivity contribution in [2.75, 3.05) is 18.9 Å². The van der Waals surface area contributed by atoms with Crippen molar-refractivity contribution in [2.24, 2.45) is 0 Å². The molecule has 1 atom stereocenters. The summed E-state index contributed by atoms with van der Waals surface area (Å²) in [6, 6.07) is 7.70. The Balaban J connectivity index is 2.76. The number of aliphatic hydroxyl groups excluding tert-OH is 1. The molecule has 0 radical (unpaired) electrons. The third-order valence-corrected chi connectivity index (χ3v) is 3.21. The zero-order valence-electron chi connectivity index (χ0n) is 13.1. The van der Waals surface area contributed by atoms with E-state index in [1.807, 2.05) is 24.3 Å². The highest BCUT2D eigenvalue weighted by molar-refractivity contribution is 5.90. The van der Waals surface area contributed by atoms with Crippen LogP contribution in [0.3, 0.4) is 0 Å². The van der Waals surface area contributed by atoms with Crippen LogP contribution in [0, 0.1) is 0 Å². The molecule has 2 amide bonds. The maximum atomic E-state index is 12.1. The molecule has 4 nitrogen and oxygen atoms in total. The van der Waals surface area contributed by atoms with Gasteiger partial charge < -0.3 is 15.3 Å². The van der Waals surface area contributed by atoms with Crippen molar-refractivity contribution >= 4 is 11.7 Å². The van der Waals surface area contributed by atoms with Crippen molar-refractivity contribution in [1.29, 1.82) is 0 Å². The molecule has 0 fully saturated rings. The molecule has 112 valence electrons. The number of urea groups is 1. The first-order valence-electron chi connectivity index (χ1n) is 7.01. The summed E-state index contributed by atoms with van der Waals surface area (Å²) >= 11 is 0. The van der Waals surface area contributed by atoms with Crippen LogP contribution in [0.4, 0.5) is 10.5 Å². The summed E-state index contributed by atoms with van der Waals surface area (Å²) in [6.45, 7) is 8.61. The molecule has 0 saturated heterocycles. The Labute approximate surface area is 121 Å². The summed E-state index contributed by atoms with van der Waals surface area (Å²) in [6.07, 6.45) is 0.178. The first kappa shape index (κ1) is 16.5. The molecule has 2 N–H and O–H groups in total. The number of rotatable bonds is 4. The summed E-state index contributed by atoms with van der Waals surface area (Å²) in [5.74, 6) is 0. The number of hydrogen-bond acceptors (Lipinski definition) is 2. The second-order valence-electron chi connectivity index (χ2n) is 6.28. The number of amides is 2. The maximum Gasteiger partial charge on any atom is 0.321 e. The summed E-state index contributed by atoms with van der Waals surface area (Å²) in [4.78, 5) is 13.7. The summed E-state index contributed by atoms with van der Waals surface area (Å²) in [5.41, 5.74) is 1.92. The predicted octanol–water partition coefficient (Wildman–Crippen LogP) is 3.22. The van der Waals surface area contributed by atoms with E-state index >= 15 is 0 Å². The lowest BCUT2D eigenvalue weighted by Crippen LogP contribution is -2.34. The van der Waals surface area contributed by atoms with Gasteiger partial charge >= 0.3 is 6.03 Å². The fraction of sp³-hybridized carbons (Fsp3) is 0.562. The first-order valence-corrected chi connectivity index (χ1v) is 7.01. The molecule has 0 bridgehead atoms. The average molecular weight is 278 g/mol. The number of nitrogens with one attached hydrogen (secondary N) is 1. The van der Waals surface area contributed by atoms with Crippen molar-refractivity contribution < 1.29 is 9.90 Å². The molecule has 4 heteroatoms. The van der Waals surface area contributed by atoms with Gasteiger partial charge in [0.25, 0.3) is 0 Å². The van der Waals surface area contributed by atoms with Crippen LogP contribution in [0.15, 0.2) is 24.3 Å². The van der Waals surface area contributed by atoms with Crippen LogP contribution in [-0.4, -0.2) is 35.7 Å². The number of anilines is 1. The monoisotopic (exact) mass is 278 g/mol. The Hall–Kier alpha value is -1.55. The zero-order chi connectivity index (χ0) is 15.3. The van der Waals surface area contributed by atoms with Crippen LogP contribution < -0.4 is 5.32 Å². The molecule has 0 aliphatic rings. The molecular weight excluding hydrogens is 252 g/mol. The van der Waals surface area contributed by atoms with Crippen molar-refractivity contribution in [2.45, 2.75) is 45.6 Å². The maximum absolute atomic E-state index is 12.1. The second-order valence-corrected chi connectivity index (χ2v) is 6.28. The van der Waals surface area contributed by atoms with E-state index in [9.17, 15) is 9.90 Å². The van der Waals surface area contributed by atoms with Gasteiger partial charge in [0.2, 0.25) is 0 Å². The van der Waals surface area contributed by atoms with E-state index in [0.717, 1.165) is 11.3 Å². The van der Waals surface area contributed by atoms with Gasteiger partial charge in [0.15, 0.2) is 0 Å². The van der Waals surface area contributed by atoms with Gasteiger partial charge in [-0.2, -0.15) is 0 Å². The highest BCUT2D eigenvalue weighted by atomic mass is 16.3. The van der Waals surface area contributed by atoms with Crippen LogP contribution >= 0.6 is 0 Å². The normalized spacial score (nSPS) is 12.9. The van der Waals surface area contributed by atoms with Crippen molar-refractivity contribution in [3.63, 3.8) is 0 Å². The molecule has 1 unspecified atom stereocenters. The van der Waals surface area contributed by atoms with E-state index in [4.69, 9.17) is 0 Å². The predicted molar refractivity (Wildman–Crippen MR) is 83.1 cm³/mol. The Kier molecular flexibility index (Phi) is 5.57. The van der Waals surface area contributed by atoms with Crippen LogP contribution in [0.25, 0.3) is 0 Å². The quantitative estimate of drug-likeness (QED) is 0.888. The fourth-order valence-corrected chi connectivity index (χ4v) is 1.94.